The van der Waals surface area contributed by atoms with Gasteiger partial charge in [0.25, 0.3) is 14.2 Å². The molecule has 21 heavy (non-hydrogen) atoms. The standard InChI is InChI=1S/C13H15ClFN3O2S/c1-8-5-6-10(15)9(7-8)11-16-17-12(21(14,19)20)18(11)13(2,3)4/h5-7H,1-4H3. The lowest BCUT2D eigenvalue weighted by Crippen LogP contribution is -2.26. The van der Waals surface area contributed by atoms with Crippen molar-refractivity contribution in [2.75, 3.05) is 0 Å². The fourth-order valence-corrected chi connectivity index (χ4v) is 3.03. The molecule has 114 valence electrons. The highest BCUT2D eigenvalue weighted by Gasteiger charge is 2.31. The molecular weight excluding hydrogens is 317 g/mol. The van der Waals surface area contributed by atoms with Gasteiger partial charge in [-0.25, -0.2) is 12.8 Å². The van der Waals surface area contributed by atoms with Crippen LogP contribution in [0.5, 0.6) is 0 Å². The Balaban J connectivity index is 2.83. The third kappa shape index (κ3) is 3.08. The Labute approximate surface area is 127 Å². The second kappa shape index (κ2) is 5.06. The molecule has 0 unspecified atom stereocenters. The maximum atomic E-state index is 14.1. The SMILES string of the molecule is Cc1ccc(F)c(-c2nnc(S(=O)(=O)Cl)n2C(C)(C)C)c1. The van der Waals surface area contributed by atoms with E-state index in [1.165, 1.54) is 10.6 Å². The number of hydrogen-bond acceptors (Lipinski definition) is 4. The first kappa shape index (κ1) is 15.9. The third-order valence-electron chi connectivity index (χ3n) is 2.89. The molecule has 0 bridgehead atoms. The first-order valence-corrected chi connectivity index (χ1v) is 8.50. The molecular formula is C13H15ClFN3O2S. The van der Waals surface area contributed by atoms with E-state index in [0.29, 0.717) is 0 Å². The quantitative estimate of drug-likeness (QED) is 0.793. The molecule has 0 radical (unpaired) electrons. The van der Waals surface area contributed by atoms with Crippen LogP contribution in [-0.2, 0) is 14.6 Å². The van der Waals surface area contributed by atoms with Crippen LogP contribution in [0.4, 0.5) is 4.39 Å². The second-order valence-electron chi connectivity index (χ2n) is 5.73. The van der Waals surface area contributed by atoms with Gasteiger partial charge in [-0.1, -0.05) is 11.6 Å². The Morgan fingerprint density at radius 1 is 1.24 bits per heavy atom. The Morgan fingerprint density at radius 2 is 1.86 bits per heavy atom. The van der Waals surface area contributed by atoms with E-state index < -0.39 is 25.6 Å². The van der Waals surface area contributed by atoms with Gasteiger partial charge in [0.05, 0.1) is 5.56 Å². The third-order valence-corrected chi connectivity index (χ3v) is 4.00. The van der Waals surface area contributed by atoms with Crippen molar-refractivity contribution in [3.63, 3.8) is 0 Å². The van der Waals surface area contributed by atoms with E-state index in [1.54, 1.807) is 39.8 Å². The van der Waals surface area contributed by atoms with Crippen LogP contribution in [0.1, 0.15) is 26.3 Å². The summed E-state index contributed by atoms with van der Waals surface area (Å²) in [4.78, 5) is 0. The molecule has 8 heteroatoms. The van der Waals surface area contributed by atoms with Crippen LogP contribution in [-0.4, -0.2) is 23.2 Å². The van der Waals surface area contributed by atoms with Gasteiger partial charge >= 0.3 is 0 Å². The van der Waals surface area contributed by atoms with Gasteiger partial charge in [-0.2, -0.15) is 0 Å². The summed E-state index contributed by atoms with van der Waals surface area (Å²) in [6.45, 7) is 7.09. The van der Waals surface area contributed by atoms with Crippen molar-refractivity contribution in [2.24, 2.45) is 0 Å². The largest absolute Gasteiger partial charge is 0.296 e. The molecule has 2 aromatic rings. The molecule has 1 aromatic heterocycles. The summed E-state index contributed by atoms with van der Waals surface area (Å²) in [5.74, 6) is -0.375. The summed E-state index contributed by atoms with van der Waals surface area (Å²) in [6, 6.07) is 4.52. The fourth-order valence-electron chi connectivity index (χ4n) is 2.02. The Kier molecular flexibility index (Phi) is 3.84. The minimum atomic E-state index is -4.09. The molecule has 1 heterocycles. The van der Waals surface area contributed by atoms with E-state index in [2.05, 4.69) is 10.2 Å². The number of benzene rings is 1. The van der Waals surface area contributed by atoms with Gasteiger partial charge in [0.2, 0.25) is 0 Å². The molecule has 0 saturated heterocycles. The van der Waals surface area contributed by atoms with E-state index in [1.807, 2.05) is 0 Å². The molecule has 1 aromatic carbocycles. The number of hydrogen-bond donors (Lipinski definition) is 0. The summed E-state index contributed by atoms with van der Waals surface area (Å²) >= 11 is 0. The van der Waals surface area contributed by atoms with E-state index in [9.17, 15) is 12.8 Å². The van der Waals surface area contributed by atoms with Crippen LogP contribution in [0.25, 0.3) is 11.4 Å². The number of nitrogens with zero attached hydrogens (tertiary/aromatic N) is 3. The molecule has 0 N–H and O–H groups in total. The minimum absolute atomic E-state index is 0.128. The van der Waals surface area contributed by atoms with Crippen LogP contribution in [0.3, 0.4) is 0 Å². The van der Waals surface area contributed by atoms with Crippen LogP contribution in [0, 0.1) is 12.7 Å². The molecule has 0 fully saturated rings. The highest BCUT2D eigenvalue weighted by atomic mass is 35.7. The van der Waals surface area contributed by atoms with Gasteiger partial charge in [0.1, 0.15) is 5.82 Å². The fraction of sp³-hybridized carbons (Fsp3) is 0.385. The zero-order chi connectivity index (χ0) is 16.0. The van der Waals surface area contributed by atoms with Crippen LogP contribution < -0.4 is 0 Å². The summed E-state index contributed by atoms with van der Waals surface area (Å²) in [5.41, 5.74) is 0.320. The predicted molar refractivity (Wildman–Crippen MR) is 78.2 cm³/mol. The highest BCUT2D eigenvalue weighted by molar-refractivity contribution is 8.13. The average Bonchev–Trinajstić information content (AvgIpc) is 2.76. The lowest BCUT2D eigenvalue weighted by atomic mass is 10.1. The smallest absolute Gasteiger partial charge is 0.291 e. The van der Waals surface area contributed by atoms with Crippen molar-refractivity contribution in [1.29, 1.82) is 0 Å². The Hall–Kier alpha value is -1.47. The molecule has 0 atom stereocenters. The number of halogens is 2. The van der Waals surface area contributed by atoms with Crippen molar-refractivity contribution >= 4 is 19.7 Å². The zero-order valence-corrected chi connectivity index (χ0v) is 13.6. The molecule has 0 aliphatic carbocycles. The minimum Gasteiger partial charge on any atom is -0.291 e. The summed E-state index contributed by atoms with van der Waals surface area (Å²) in [6.07, 6.45) is 0. The average molecular weight is 332 g/mol. The van der Waals surface area contributed by atoms with Gasteiger partial charge < -0.3 is 0 Å². The first-order chi connectivity index (χ1) is 9.51. The van der Waals surface area contributed by atoms with Crippen LogP contribution in [0.2, 0.25) is 0 Å². The molecule has 5 nitrogen and oxygen atoms in total. The van der Waals surface area contributed by atoms with E-state index in [4.69, 9.17) is 10.7 Å². The van der Waals surface area contributed by atoms with Crippen LogP contribution >= 0.6 is 10.7 Å². The van der Waals surface area contributed by atoms with Crippen molar-refractivity contribution in [1.82, 2.24) is 14.8 Å². The number of aromatic nitrogens is 3. The van der Waals surface area contributed by atoms with Crippen molar-refractivity contribution in [2.45, 2.75) is 38.4 Å². The summed E-state index contributed by atoms with van der Waals surface area (Å²) in [7, 11) is 1.31. The monoisotopic (exact) mass is 331 g/mol. The van der Waals surface area contributed by atoms with Crippen LogP contribution in [0.15, 0.2) is 23.4 Å². The zero-order valence-electron chi connectivity index (χ0n) is 12.1. The molecule has 0 saturated carbocycles. The highest BCUT2D eigenvalue weighted by Crippen LogP contribution is 2.31. The molecule has 0 amide bonds. The van der Waals surface area contributed by atoms with Gasteiger partial charge in [-0.15, -0.1) is 10.2 Å². The molecule has 0 aliphatic heterocycles. The topological polar surface area (TPSA) is 64.8 Å². The number of aryl methyl sites for hydroxylation is 1. The van der Waals surface area contributed by atoms with Crippen molar-refractivity contribution in [3.8, 4) is 11.4 Å². The second-order valence-corrected chi connectivity index (χ2v) is 8.19. The normalized spacial score (nSPS) is 12.7. The van der Waals surface area contributed by atoms with E-state index in [0.717, 1.165) is 5.56 Å². The van der Waals surface area contributed by atoms with Gasteiger partial charge in [-0.3, -0.25) is 4.57 Å². The lowest BCUT2D eigenvalue weighted by Gasteiger charge is -2.24. The first-order valence-electron chi connectivity index (χ1n) is 6.19. The maximum absolute atomic E-state index is 14.1. The summed E-state index contributed by atoms with van der Waals surface area (Å²) < 4.78 is 38.7. The lowest BCUT2D eigenvalue weighted by molar-refractivity contribution is 0.366. The molecule has 0 aliphatic rings. The van der Waals surface area contributed by atoms with Gasteiger partial charge in [0, 0.05) is 16.2 Å². The van der Waals surface area contributed by atoms with Crippen molar-refractivity contribution in [3.05, 3.63) is 29.6 Å². The Morgan fingerprint density at radius 3 is 2.38 bits per heavy atom. The van der Waals surface area contributed by atoms with Gasteiger partial charge in [0.15, 0.2) is 5.82 Å². The van der Waals surface area contributed by atoms with E-state index in [-0.39, 0.29) is 11.4 Å². The number of rotatable bonds is 2. The van der Waals surface area contributed by atoms with Crippen molar-refractivity contribution < 1.29 is 12.8 Å². The predicted octanol–water partition coefficient (Wildman–Crippen LogP) is 3.08. The molecule has 2 rings (SSSR count). The Bertz CT molecular complexity index is 794. The van der Waals surface area contributed by atoms with E-state index >= 15 is 0 Å². The summed E-state index contributed by atoms with van der Waals surface area (Å²) in [5, 5.41) is 7.06. The maximum Gasteiger partial charge on any atom is 0.296 e. The molecule has 0 spiro atoms. The van der Waals surface area contributed by atoms with Gasteiger partial charge in [-0.05, 0) is 39.8 Å².